The molecule has 112 valence electrons. The van der Waals surface area contributed by atoms with Gasteiger partial charge in [0, 0.05) is 12.2 Å². The topological polar surface area (TPSA) is 35.2 Å². The second-order valence-corrected chi connectivity index (χ2v) is 5.64. The van der Waals surface area contributed by atoms with Crippen molar-refractivity contribution in [1.82, 2.24) is 0 Å². The van der Waals surface area contributed by atoms with E-state index < -0.39 is 23.3 Å². The van der Waals surface area contributed by atoms with Crippen LogP contribution in [0.15, 0.2) is 12.1 Å². The van der Waals surface area contributed by atoms with Crippen LogP contribution < -0.4 is 5.73 Å². The van der Waals surface area contributed by atoms with E-state index in [0.717, 1.165) is 32.1 Å². The van der Waals surface area contributed by atoms with Crippen LogP contribution in [0.1, 0.15) is 56.2 Å². The molecule has 2 rings (SSSR count). The van der Waals surface area contributed by atoms with Gasteiger partial charge in [-0.25, -0.2) is 8.78 Å². The van der Waals surface area contributed by atoms with Crippen molar-refractivity contribution in [2.75, 3.05) is 6.61 Å². The predicted molar refractivity (Wildman–Crippen MR) is 75.5 cm³/mol. The summed E-state index contributed by atoms with van der Waals surface area (Å²) in [5, 5.41) is 0. The summed E-state index contributed by atoms with van der Waals surface area (Å²) >= 11 is 0. The number of rotatable bonds is 4. The standard InChI is InChI=1S/C16H23F2NO/c1-3-20-16(9-5-4-6-10-16)15(19)12-8-7-11(2)13(17)14(12)18/h7-8,15H,3-6,9-10,19H2,1-2H3. The van der Waals surface area contributed by atoms with Crippen LogP contribution in [0.2, 0.25) is 0 Å². The highest BCUT2D eigenvalue weighted by Crippen LogP contribution is 2.41. The summed E-state index contributed by atoms with van der Waals surface area (Å²) in [5.74, 6) is -1.64. The highest BCUT2D eigenvalue weighted by atomic mass is 19.2. The van der Waals surface area contributed by atoms with Crippen molar-refractivity contribution in [2.24, 2.45) is 5.73 Å². The lowest BCUT2D eigenvalue weighted by atomic mass is 9.76. The van der Waals surface area contributed by atoms with Gasteiger partial charge in [0.15, 0.2) is 11.6 Å². The fraction of sp³-hybridized carbons (Fsp3) is 0.625. The minimum atomic E-state index is -0.831. The van der Waals surface area contributed by atoms with Crippen LogP contribution in [0.25, 0.3) is 0 Å². The molecule has 4 heteroatoms. The third-order valence-corrected chi connectivity index (χ3v) is 4.34. The number of ether oxygens (including phenoxy) is 1. The summed E-state index contributed by atoms with van der Waals surface area (Å²) in [7, 11) is 0. The van der Waals surface area contributed by atoms with Gasteiger partial charge in [-0.15, -0.1) is 0 Å². The largest absolute Gasteiger partial charge is 0.373 e. The van der Waals surface area contributed by atoms with Gasteiger partial charge in [0.1, 0.15) is 0 Å². The second-order valence-electron chi connectivity index (χ2n) is 5.64. The van der Waals surface area contributed by atoms with Crippen LogP contribution in [0.5, 0.6) is 0 Å². The minimum absolute atomic E-state index is 0.225. The van der Waals surface area contributed by atoms with Crippen LogP contribution in [0.3, 0.4) is 0 Å². The zero-order chi connectivity index (χ0) is 14.8. The van der Waals surface area contributed by atoms with Crippen molar-refractivity contribution < 1.29 is 13.5 Å². The first-order valence-electron chi connectivity index (χ1n) is 7.36. The van der Waals surface area contributed by atoms with Gasteiger partial charge >= 0.3 is 0 Å². The monoisotopic (exact) mass is 283 g/mol. The van der Waals surface area contributed by atoms with Gasteiger partial charge in [0.2, 0.25) is 0 Å². The lowest BCUT2D eigenvalue weighted by Crippen LogP contribution is -2.46. The Morgan fingerprint density at radius 3 is 2.45 bits per heavy atom. The molecule has 1 saturated carbocycles. The van der Waals surface area contributed by atoms with E-state index in [-0.39, 0.29) is 5.56 Å². The minimum Gasteiger partial charge on any atom is -0.373 e. The van der Waals surface area contributed by atoms with E-state index >= 15 is 0 Å². The van der Waals surface area contributed by atoms with Crippen molar-refractivity contribution in [3.8, 4) is 0 Å². The average molecular weight is 283 g/mol. The predicted octanol–water partition coefficient (Wildman–Crippen LogP) is 4.01. The SMILES string of the molecule is CCOC1(C(N)c2ccc(C)c(F)c2F)CCCCC1. The van der Waals surface area contributed by atoms with Gasteiger partial charge in [-0.05, 0) is 32.3 Å². The first kappa shape index (κ1) is 15.4. The number of aryl methyl sites for hydroxylation is 1. The van der Waals surface area contributed by atoms with Crippen LogP contribution in [-0.4, -0.2) is 12.2 Å². The number of nitrogens with two attached hydrogens (primary N) is 1. The molecule has 1 aliphatic rings. The van der Waals surface area contributed by atoms with E-state index in [4.69, 9.17) is 10.5 Å². The van der Waals surface area contributed by atoms with E-state index in [2.05, 4.69) is 0 Å². The van der Waals surface area contributed by atoms with Gasteiger partial charge in [-0.2, -0.15) is 0 Å². The van der Waals surface area contributed by atoms with Gasteiger partial charge in [0.25, 0.3) is 0 Å². The summed E-state index contributed by atoms with van der Waals surface area (Å²) in [6.07, 6.45) is 4.79. The Kier molecular flexibility index (Phi) is 4.76. The first-order chi connectivity index (χ1) is 9.52. The maximum atomic E-state index is 14.2. The fourth-order valence-corrected chi connectivity index (χ4v) is 3.17. The molecule has 0 aliphatic heterocycles. The zero-order valence-electron chi connectivity index (χ0n) is 12.2. The molecule has 1 unspecified atom stereocenters. The molecule has 2 nitrogen and oxygen atoms in total. The van der Waals surface area contributed by atoms with Gasteiger partial charge in [-0.1, -0.05) is 31.4 Å². The maximum Gasteiger partial charge on any atom is 0.163 e. The van der Waals surface area contributed by atoms with Crippen molar-refractivity contribution in [3.05, 3.63) is 34.9 Å². The van der Waals surface area contributed by atoms with Crippen molar-refractivity contribution >= 4 is 0 Å². The zero-order valence-corrected chi connectivity index (χ0v) is 12.2. The molecule has 0 radical (unpaired) electrons. The van der Waals surface area contributed by atoms with E-state index in [1.165, 1.54) is 0 Å². The Morgan fingerprint density at radius 2 is 1.85 bits per heavy atom. The number of halogens is 2. The van der Waals surface area contributed by atoms with Gasteiger partial charge in [0.05, 0.1) is 11.6 Å². The lowest BCUT2D eigenvalue weighted by molar-refractivity contribution is -0.0837. The van der Waals surface area contributed by atoms with Crippen LogP contribution >= 0.6 is 0 Å². The quantitative estimate of drug-likeness (QED) is 0.906. The molecule has 2 N–H and O–H groups in total. The number of hydrogen-bond donors (Lipinski definition) is 1. The van der Waals surface area contributed by atoms with E-state index in [1.807, 2.05) is 6.92 Å². The smallest absolute Gasteiger partial charge is 0.163 e. The Hall–Kier alpha value is -1.00. The van der Waals surface area contributed by atoms with Crippen molar-refractivity contribution in [1.29, 1.82) is 0 Å². The van der Waals surface area contributed by atoms with Crippen LogP contribution in [-0.2, 0) is 4.74 Å². The Labute approximate surface area is 119 Å². The maximum absolute atomic E-state index is 14.2. The molecular weight excluding hydrogens is 260 g/mol. The number of hydrogen-bond acceptors (Lipinski definition) is 2. The van der Waals surface area contributed by atoms with Crippen LogP contribution in [0.4, 0.5) is 8.78 Å². The summed E-state index contributed by atoms with van der Waals surface area (Å²) in [6, 6.07) is 2.54. The lowest BCUT2D eigenvalue weighted by Gasteiger charge is -2.42. The third-order valence-electron chi connectivity index (χ3n) is 4.34. The second kappa shape index (κ2) is 6.19. The Morgan fingerprint density at radius 1 is 1.20 bits per heavy atom. The van der Waals surface area contributed by atoms with Crippen LogP contribution in [0, 0.1) is 18.6 Å². The Bertz CT molecular complexity index is 464. The molecule has 1 aliphatic carbocycles. The van der Waals surface area contributed by atoms with Gasteiger partial charge in [-0.3, -0.25) is 0 Å². The van der Waals surface area contributed by atoms with Crippen molar-refractivity contribution in [2.45, 2.75) is 57.6 Å². The summed E-state index contributed by atoms with van der Waals surface area (Å²) in [5.41, 5.74) is 6.24. The molecule has 0 amide bonds. The van der Waals surface area contributed by atoms with E-state index in [0.29, 0.717) is 12.2 Å². The summed E-state index contributed by atoms with van der Waals surface area (Å²) < 4.78 is 33.8. The molecule has 20 heavy (non-hydrogen) atoms. The summed E-state index contributed by atoms with van der Waals surface area (Å²) in [4.78, 5) is 0. The fourth-order valence-electron chi connectivity index (χ4n) is 3.17. The average Bonchev–Trinajstić information content (AvgIpc) is 2.46. The molecule has 0 saturated heterocycles. The summed E-state index contributed by atoms with van der Waals surface area (Å²) in [6.45, 7) is 3.99. The highest BCUT2D eigenvalue weighted by molar-refractivity contribution is 5.29. The third kappa shape index (κ3) is 2.72. The Balaban J connectivity index is 2.37. The molecular formula is C16H23F2NO. The molecule has 0 spiro atoms. The molecule has 1 aromatic carbocycles. The molecule has 0 bridgehead atoms. The number of benzene rings is 1. The van der Waals surface area contributed by atoms with Crippen molar-refractivity contribution in [3.63, 3.8) is 0 Å². The molecule has 0 heterocycles. The van der Waals surface area contributed by atoms with E-state index in [9.17, 15) is 8.78 Å². The molecule has 1 atom stereocenters. The molecule has 1 fully saturated rings. The first-order valence-corrected chi connectivity index (χ1v) is 7.36. The van der Waals surface area contributed by atoms with Gasteiger partial charge < -0.3 is 10.5 Å². The normalized spacial score (nSPS) is 19.9. The highest BCUT2D eigenvalue weighted by Gasteiger charge is 2.41. The molecule has 0 aromatic heterocycles. The molecule has 1 aromatic rings. The van der Waals surface area contributed by atoms with E-state index in [1.54, 1.807) is 19.1 Å².